The van der Waals surface area contributed by atoms with E-state index < -0.39 is 10.2 Å². The van der Waals surface area contributed by atoms with Crippen molar-refractivity contribution in [1.82, 2.24) is 18.5 Å². The molecule has 7 nitrogen and oxygen atoms in total. The van der Waals surface area contributed by atoms with Crippen LogP contribution in [0.3, 0.4) is 0 Å². The van der Waals surface area contributed by atoms with Gasteiger partial charge in [-0.05, 0) is 24.3 Å². The van der Waals surface area contributed by atoms with Crippen LogP contribution in [0.5, 0.6) is 0 Å². The molecule has 1 aliphatic rings. The molecule has 3 rings (SSSR count). The summed E-state index contributed by atoms with van der Waals surface area (Å²) in [5, 5.41) is 0.963. The molecule has 0 spiro atoms. The van der Waals surface area contributed by atoms with Crippen molar-refractivity contribution in [3.05, 3.63) is 34.4 Å². The minimum Gasteiger partial charge on any atom is -0.351 e. The predicted octanol–water partition coefficient (Wildman–Crippen LogP) is 2.27. The van der Waals surface area contributed by atoms with Crippen LogP contribution in [0.2, 0.25) is 0 Å². The van der Waals surface area contributed by atoms with Gasteiger partial charge in [0.2, 0.25) is 0 Å². The van der Waals surface area contributed by atoms with Crippen LogP contribution in [-0.4, -0.2) is 72.1 Å². The molecule has 26 heavy (non-hydrogen) atoms. The lowest BCUT2D eigenvalue weighted by atomic mass is 10.2. The Labute approximate surface area is 162 Å². The molecule has 142 valence electrons. The number of nitrogens with zero attached hydrogens (tertiary/aromatic N) is 3. The number of aromatic nitrogens is 1. The highest BCUT2D eigenvalue weighted by molar-refractivity contribution is 9.10. The molecule has 1 aromatic carbocycles. The molecule has 2 aromatic rings. The van der Waals surface area contributed by atoms with Gasteiger partial charge in [0.25, 0.3) is 16.1 Å². The normalized spacial score (nSPS) is 16.5. The Morgan fingerprint density at radius 3 is 2.42 bits per heavy atom. The monoisotopic (exact) mass is 442 g/mol. The summed E-state index contributed by atoms with van der Waals surface area (Å²) in [6.45, 7) is 5.96. The Morgan fingerprint density at radius 1 is 1.15 bits per heavy atom. The second kappa shape index (κ2) is 7.67. The van der Waals surface area contributed by atoms with E-state index in [1.165, 1.54) is 8.61 Å². The van der Waals surface area contributed by atoms with Crippen LogP contribution >= 0.6 is 15.9 Å². The minimum absolute atomic E-state index is 0.0998. The lowest BCUT2D eigenvalue weighted by Crippen LogP contribution is -2.54. The molecule has 1 fully saturated rings. The first-order chi connectivity index (χ1) is 12.4. The van der Waals surface area contributed by atoms with Gasteiger partial charge in [-0.25, -0.2) is 0 Å². The van der Waals surface area contributed by atoms with Crippen LogP contribution in [0.15, 0.2) is 28.7 Å². The van der Waals surface area contributed by atoms with Crippen molar-refractivity contribution in [3.63, 3.8) is 0 Å². The summed E-state index contributed by atoms with van der Waals surface area (Å²) >= 11 is 3.43. The molecule has 9 heteroatoms. The third-order valence-corrected chi connectivity index (χ3v) is 7.38. The van der Waals surface area contributed by atoms with E-state index >= 15 is 0 Å². The quantitative estimate of drug-likeness (QED) is 0.771. The summed E-state index contributed by atoms with van der Waals surface area (Å²) in [5.41, 5.74) is 1.43. The number of H-pyrrole nitrogens is 1. The molecule has 1 aliphatic heterocycles. The number of nitrogens with one attached hydrogen (secondary N) is 1. The van der Waals surface area contributed by atoms with Crippen LogP contribution in [-0.2, 0) is 10.2 Å². The molecule has 0 atom stereocenters. The number of hydrogen-bond donors (Lipinski definition) is 1. The molecule has 0 saturated carbocycles. The number of carbonyl (C=O) groups excluding carboxylic acids is 1. The molecule has 1 amide bonds. The fraction of sp³-hybridized carbons (Fsp3) is 0.471. The zero-order valence-electron chi connectivity index (χ0n) is 14.9. The first-order valence-corrected chi connectivity index (χ1v) is 10.9. The number of rotatable bonds is 5. The Bertz CT molecular complexity index is 900. The number of aromatic amines is 1. The predicted molar refractivity (Wildman–Crippen MR) is 105 cm³/mol. The van der Waals surface area contributed by atoms with Crippen LogP contribution in [0, 0.1) is 0 Å². The fourth-order valence-electron chi connectivity index (χ4n) is 3.22. The minimum atomic E-state index is -3.45. The van der Waals surface area contributed by atoms with Crippen LogP contribution in [0.25, 0.3) is 10.9 Å². The fourth-order valence-corrected chi connectivity index (χ4v) is 5.21. The average Bonchev–Trinajstić information content (AvgIpc) is 3.05. The van der Waals surface area contributed by atoms with Crippen molar-refractivity contribution in [2.75, 3.05) is 39.3 Å². The van der Waals surface area contributed by atoms with E-state index in [1.807, 2.05) is 38.1 Å². The summed E-state index contributed by atoms with van der Waals surface area (Å²) in [7, 11) is -3.45. The molecule has 2 heterocycles. The van der Waals surface area contributed by atoms with E-state index in [9.17, 15) is 13.2 Å². The molecule has 0 aliphatic carbocycles. The number of benzene rings is 1. The van der Waals surface area contributed by atoms with E-state index in [-0.39, 0.29) is 5.91 Å². The van der Waals surface area contributed by atoms with Crippen molar-refractivity contribution in [2.24, 2.45) is 0 Å². The number of carbonyl (C=O) groups is 1. The van der Waals surface area contributed by atoms with Gasteiger partial charge in [-0.2, -0.15) is 17.0 Å². The highest BCUT2D eigenvalue weighted by Gasteiger charge is 2.32. The van der Waals surface area contributed by atoms with Gasteiger partial charge in [0.05, 0.1) is 0 Å². The number of hydrogen-bond acceptors (Lipinski definition) is 3. The van der Waals surface area contributed by atoms with E-state index in [1.54, 1.807) is 4.90 Å². The number of amides is 1. The van der Waals surface area contributed by atoms with Gasteiger partial charge in [0.15, 0.2) is 0 Å². The van der Waals surface area contributed by atoms with Crippen LogP contribution in [0.4, 0.5) is 0 Å². The number of piperazine rings is 1. The molecule has 1 N–H and O–H groups in total. The molecule has 0 bridgehead atoms. The maximum absolute atomic E-state index is 12.8. The zero-order valence-corrected chi connectivity index (χ0v) is 17.3. The molecular formula is C17H23BrN4O3S. The third kappa shape index (κ3) is 3.66. The van der Waals surface area contributed by atoms with Crippen molar-refractivity contribution >= 4 is 42.9 Å². The summed E-state index contributed by atoms with van der Waals surface area (Å²) in [6, 6.07) is 7.63. The average molecular weight is 443 g/mol. The molecule has 0 unspecified atom stereocenters. The van der Waals surface area contributed by atoms with Crippen molar-refractivity contribution < 1.29 is 13.2 Å². The highest BCUT2D eigenvalue weighted by atomic mass is 79.9. The third-order valence-electron chi connectivity index (χ3n) is 4.70. The highest BCUT2D eigenvalue weighted by Crippen LogP contribution is 2.22. The molecule has 1 aromatic heterocycles. The second-order valence-electron chi connectivity index (χ2n) is 6.20. The van der Waals surface area contributed by atoms with Gasteiger partial charge in [-0.15, -0.1) is 0 Å². The maximum Gasteiger partial charge on any atom is 0.282 e. The van der Waals surface area contributed by atoms with E-state index in [0.29, 0.717) is 45.0 Å². The lowest BCUT2D eigenvalue weighted by Gasteiger charge is -2.36. The first kappa shape index (κ1) is 19.3. The van der Waals surface area contributed by atoms with Crippen LogP contribution in [0.1, 0.15) is 24.3 Å². The van der Waals surface area contributed by atoms with Crippen molar-refractivity contribution in [1.29, 1.82) is 0 Å². The summed E-state index contributed by atoms with van der Waals surface area (Å²) in [4.78, 5) is 17.6. The van der Waals surface area contributed by atoms with Gasteiger partial charge in [0, 0.05) is 54.6 Å². The van der Waals surface area contributed by atoms with Gasteiger partial charge < -0.3 is 9.88 Å². The summed E-state index contributed by atoms with van der Waals surface area (Å²) < 4.78 is 29.0. The Hall–Kier alpha value is -1.42. The number of halogens is 1. The van der Waals surface area contributed by atoms with Gasteiger partial charge in [0.1, 0.15) is 5.69 Å². The Kier molecular flexibility index (Phi) is 5.71. The summed E-state index contributed by atoms with van der Waals surface area (Å²) in [6.07, 6.45) is 0. The van der Waals surface area contributed by atoms with Gasteiger partial charge in [-0.1, -0.05) is 29.8 Å². The Balaban J connectivity index is 1.70. The van der Waals surface area contributed by atoms with E-state index in [2.05, 4.69) is 20.9 Å². The lowest BCUT2D eigenvalue weighted by molar-refractivity contribution is 0.0689. The van der Waals surface area contributed by atoms with Gasteiger partial charge in [-0.3, -0.25) is 4.79 Å². The van der Waals surface area contributed by atoms with Gasteiger partial charge >= 0.3 is 0 Å². The van der Waals surface area contributed by atoms with Crippen molar-refractivity contribution in [2.45, 2.75) is 13.8 Å². The van der Waals surface area contributed by atoms with E-state index in [4.69, 9.17) is 0 Å². The largest absolute Gasteiger partial charge is 0.351 e. The second-order valence-corrected chi connectivity index (χ2v) is 9.04. The Morgan fingerprint density at radius 2 is 1.81 bits per heavy atom. The topological polar surface area (TPSA) is 76.7 Å². The SMILES string of the molecule is CCN(CC)S(=O)(=O)N1CCN(C(=O)c2cc3cc(Br)ccc3[nH]2)CC1. The first-order valence-electron chi connectivity index (χ1n) is 8.69. The maximum atomic E-state index is 12.8. The zero-order chi connectivity index (χ0) is 18.9. The molecule has 1 saturated heterocycles. The molecule has 0 radical (unpaired) electrons. The van der Waals surface area contributed by atoms with E-state index in [0.717, 1.165) is 15.4 Å². The molecular weight excluding hydrogens is 420 g/mol. The smallest absolute Gasteiger partial charge is 0.282 e. The number of fused-ring (bicyclic) bond motifs is 1. The van der Waals surface area contributed by atoms with Crippen LogP contribution < -0.4 is 0 Å². The van der Waals surface area contributed by atoms with Crippen molar-refractivity contribution in [3.8, 4) is 0 Å². The standard InChI is InChI=1S/C17H23BrN4O3S/c1-3-21(4-2)26(24,25)22-9-7-20(8-10-22)17(23)16-12-13-11-14(18)5-6-15(13)19-16/h5-6,11-12,19H,3-4,7-10H2,1-2H3. The summed E-state index contributed by atoms with van der Waals surface area (Å²) in [5.74, 6) is -0.0998.